The van der Waals surface area contributed by atoms with Gasteiger partial charge in [-0.1, -0.05) is 0 Å². The SMILES string of the molecule is CN(CCO)C(=O)CCN1C(=O)CCc2cc(F)ccc21. The van der Waals surface area contributed by atoms with E-state index in [9.17, 15) is 14.0 Å². The van der Waals surface area contributed by atoms with Crippen molar-refractivity contribution in [3.8, 4) is 0 Å². The minimum Gasteiger partial charge on any atom is -0.395 e. The Labute approximate surface area is 123 Å². The summed E-state index contributed by atoms with van der Waals surface area (Å²) in [7, 11) is 1.61. The van der Waals surface area contributed by atoms with E-state index in [0.29, 0.717) is 18.5 Å². The lowest BCUT2D eigenvalue weighted by molar-refractivity contribution is -0.130. The second-order valence-corrected chi connectivity index (χ2v) is 5.11. The lowest BCUT2D eigenvalue weighted by Crippen LogP contribution is -2.39. The molecule has 2 amide bonds. The Balaban J connectivity index is 2.06. The monoisotopic (exact) mass is 294 g/mol. The number of likely N-dealkylation sites (N-methyl/N-ethyl adjacent to an activating group) is 1. The van der Waals surface area contributed by atoms with Gasteiger partial charge in [0.25, 0.3) is 0 Å². The van der Waals surface area contributed by atoms with Crippen LogP contribution in [-0.4, -0.2) is 48.6 Å². The maximum atomic E-state index is 13.2. The maximum absolute atomic E-state index is 13.2. The van der Waals surface area contributed by atoms with Crippen LogP contribution in [0.1, 0.15) is 18.4 Å². The van der Waals surface area contributed by atoms with Crippen molar-refractivity contribution >= 4 is 17.5 Å². The molecule has 1 aromatic carbocycles. The van der Waals surface area contributed by atoms with Crippen LogP contribution in [0.15, 0.2) is 18.2 Å². The third-order valence-electron chi connectivity index (χ3n) is 3.65. The van der Waals surface area contributed by atoms with E-state index in [1.807, 2.05) is 0 Å². The number of hydrogen-bond acceptors (Lipinski definition) is 3. The first-order valence-electron chi connectivity index (χ1n) is 6.96. The van der Waals surface area contributed by atoms with Gasteiger partial charge < -0.3 is 14.9 Å². The number of aryl methyl sites for hydroxylation is 1. The van der Waals surface area contributed by atoms with Gasteiger partial charge in [-0.3, -0.25) is 9.59 Å². The molecule has 0 saturated heterocycles. The summed E-state index contributed by atoms with van der Waals surface area (Å²) in [4.78, 5) is 26.9. The van der Waals surface area contributed by atoms with Crippen LogP contribution in [0, 0.1) is 5.82 Å². The molecule has 114 valence electrons. The summed E-state index contributed by atoms with van der Waals surface area (Å²) < 4.78 is 13.2. The van der Waals surface area contributed by atoms with Gasteiger partial charge in [-0.05, 0) is 30.2 Å². The molecule has 0 saturated carbocycles. The Morgan fingerprint density at radius 3 is 2.90 bits per heavy atom. The molecule has 1 aliphatic heterocycles. The van der Waals surface area contributed by atoms with Crippen LogP contribution in [-0.2, 0) is 16.0 Å². The average Bonchev–Trinajstić information content (AvgIpc) is 2.46. The van der Waals surface area contributed by atoms with Crippen LogP contribution in [0.25, 0.3) is 0 Å². The fraction of sp³-hybridized carbons (Fsp3) is 0.467. The van der Waals surface area contributed by atoms with Gasteiger partial charge in [-0.2, -0.15) is 0 Å². The van der Waals surface area contributed by atoms with Gasteiger partial charge in [0.1, 0.15) is 5.82 Å². The smallest absolute Gasteiger partial charge is 0.227 e. The Kier molecular flexibility index (Phi) is 4.90. The molecule has 1 aromatic rings. The standard InChI is InChI=1S/C15H19FN2O3/c1-17(8-9-19)14(20)6-7-18-13-4-3-12(16)10-11(13)2-5-15(18)21/h3-4,10,19H,2,5-9H2,1H3. The summed E-state index contributed by atoms with van der Waals surface area (Å²) in [5.74, 6) is -0.500. The predicted octanol–water partition coefficient (Wildman–Crippen LogP) is 0.946. The van der Waals surface area contributed by atoms with Gasteiger partial charge in [0.05, 0.1) is 6.61 Å². The van der Waals surface area contributed by atoms with E-state index in [-0.39, 0.29) is 43.7 Å². The fourth-order valence-electron chi connectivity index (χ4n) is 2.45. The van der Waals surface area contributed by atoms with E-state index >= 15 is 0 Å². The first-order chi connectivity index (χ1) is 10.0. The van der Waals surface area contributed by atoms with Gasteiger partial charge in [0.15, 0.2) is 0 Å². The number of carbonyl (C=O) groups is 2. The lowest BCUT2D eigenvalue weighted by atomic mass is 10.0. The van der Waals surface area contributed by atoms with E-state index in [0.717, 1.165) is 5.56 Å². The zero-order valence-corrected chi connectivity index (χ0v) is 12.0. The van der Waals surface area contributed by atoms with Crippen LogP contribution < -0.4 is 4.90 Å². The fourth-order valence-corrected chi connectivity index (χ4v) is 2.45. The Bertz CT molecular complexity index is 548. The van der Waals surface area contributed by atoms with Crippen molar-refractivity contribution in [3.63, 3.8) is 0 Å². The third kappa shape index (κ3) is 3.58. The number of benzene rings is 1. The molecule has 0 radical (unpaired) electrons. The second kappa shape index (κ2) is 6.67. The molecule has 6 heteroatoms. The lowest BCUT2D eigenvalue weighted by Gasteiger charge is -2.29. The van der Waals surface area contributed by atoms with Crippen molar-refractivity contribution in [2.24, 2.45) is 0 Å². The molecular weight excluding hydrogens is 275 g/mol. The van der Waals surface area contributed by atoms with E-state index in [1.165, 1.54) is 17.0 Å². The molecule has 0 unspecified atom stereocenters. The molecule has 1 N–H and O–H groups in total. The molecule has 0 spiro atoms. The summed E-state index contributed by atoms with van der Waals surface area (Å²) in [6, 6.07) is 4.35. The predicted molar refractivity (Wildman–Crippen MR) is 76.4 cm³/mol. The average molecular weight is 294 g/mol. The van der Waals surface area contributed by atoms with Crippen LogP contribution in [0.3, 0.4) is 0 Å². The normalized spacial score (nSPS) is 14.0. The first kappa shape index (κ1) is 15.4. The van der Waals surface area contributed by atoms with Crippen LogP contribution in [0.5, 0.6) is 0 Å². The number of aliphatic hydroxyl groups is 1. The quantitative estimate of drug-likeness (QED) is 0.879. The number of aliphatic hydroxyl groups excluding tert-OH is 1. The summed E-state index contributed by atoms with van der Waals surface area (Å²) in [5.41, 5.74) is 1.48. The summed E-state index contributed by atoms with van der Waals surface area (Å²) in [6.07, 6.45) is 1.04. The zero-order valence-electron chi connectivity index (χ0n) is 12.0. The number of rotatable bonds is 5. The number of hydrogen-bond donors (Lipinski definition) is 1. The van der Waals surface area contributed by atoms with Crippen molar-refractivity contribution in [1.82, 2.24) is 4.90 Å². The number of nitrogens with zero attached hydrogens (tertiary/aromatic N) is 2. The van der Waals surface area contributed by atoms with Gasteiger partial charge in [0, 0.05) is 38.7 Å². The molecule has 0 aromatic heterocycles. The van der Waals surface area contributed by atoms with Crippen molar-refractivity contribution in [3.05, 3.63) is 29.6 Å². The Hall–Kier alpha value is -1.95. The highest BCUT2D eigenvalue weighted by Crippen LogP contribution is 2.28. The minimum absolute atomic E-state index is 0.0493. The van der Waals surface area contributed by atoms with E-state index in [1.54, 1.807) is 18.0 Å². The molecule has 5 nitrogen and oxygen atoms in total. The highest BCUT2D eigenvalue weighted by molar-refractivity contribution is 5.97. The highest BCUT2D eigenvalue weighted by Gasteiger charge is 2.25. The molecule has 0 atom stereocenters. The Morgan fingerprint density at radius 2 is 2.19 bits per heavy atom. The van der Waals surface area contributed by atoms with E-state index < -0.39 is 0 Å². The largest absolute Gasteiger partial charge is 0.395 e. The van der Waals surface area contributed by atoms with Crippen molar-refractivity contribution in [2.75, 3.05) is 31.6 Å². The van der Waals surface area contributed by atoms with Gasteiger partial charge in [-0.25, -0.2) is 4.39 Å². The second-order valence-electron chi connectivity index (χ2n) is 5.11. The Morgan fingerprint density at radius 1 is 1.43 bits per heavy atom. The van der Waals surface area contributed by atoms with E-state index in [4.69, 9.17) is 5.11 Å². The van der Waals surface area contributed by atoms with Crippen molar-refractivity contribution in [1.29, 1.82) is 0 Å². The number of halogens is 1. The highest BCUT2D eigenvalue weighted by atomic mass is 19.1. The molecule has 0 bridgehead atoms. The van der Waals surface area contributed by atoms with Crippen molar-refractivity contribution in [2.45, 2.75) is 19.3 Å². The zero-order chi connectivity index (χ0) is 15.4. The van der Waals surface area contributed by atoms with Gasteiger partial charge >= 0.3 is 0 Å². The van der Waals surface area contributed by atoms with Gasteiger partial charge in [0.2, 0.25) is 11.8 Å². The number of amides is 2. The van der Waals surface area contributed by atoms with E-state index in [2.05, 4.69) is 0 Å². The number of carbonyl (C=O) groups excluding carboxylic acids is 2. The number of anilines is 1. The summed E-state index contributed by atoms with van der Waals surface area (Å²) in [5, 5.41) is 8.81. The maximum Gasteiger partial charge on any atom is 0.227 e. The van der Waals surface area contributed by atoms with Gasteiger partial charge in [-0.15, -0.1) is 0 Å². The third-order valence-corrected chi connectivity index (χ3v) is 3.65. The summed E-state index contributed by atoms with van der Waals surface area (Å²) >= 11 is 0. The molecule has 1 heterocycles. The molecule has 2 rings (SSSR count). The first-order valence-corrected chi connectivity index (χ1v) is 6.96. The minimum atomic E-state index is -0.318. The van der Waals surface area contributed by atoms with Crippen LogP contribution in [0.4, 0.5) is 10.1 Å². The van der Waals surface area contributed by atoms with Crippen LogP contribution in [0.2, 0.25) is 0 Å². The molecule has 0 fully saturated rings. The molecular formula is C15H19FN2O3. The van der Waals surface area contributed by atoms with Crippen molar-refractivity contribution < 1.29 is 19.1 Å². The van der Waals surface area contributed by atoms with Crippen LogP contribution >= 0.6 is 0 Å². The molecule has 1 aliphatic rings. The number of fused-ring (bicyclic) bond motifs is 1. The summed E-state index contributed by atoms with van der Waals surface area (Å²) in [6.45, 7) is 0.452. The molecule has 21 heavy (non-hydrogen) atoms. The topological polar surface area (TPSA) is 60.9 Å². The molecule has 0 aliphatic carbocycles.